The predicted octanol–water partition coefficient (Wildman–Crippen LogP) is 4.36. The minimum absolute atomic E-state index is 0.0136. The van der Waals surface area contributed by atoms with Gasteiger partial charge < -0.3 is 19.7 Å². The van der Waals surface area contributed by atoms with Crippen molar-refractivity contribution in [1.29, 1.82) is 0 Å². The Bertz CT molecular complexity index is 894. The standard InChI is InChI=1S/C23H27F3N2O3/c1-16(2)17-4-3-5-20(12-17)31-15-22(29)27-14-18-6-7-19(13-21(18)23(24,25)26)28-8-10-30-11-9-28/h3-7,12-13,16H,8-11,14-15H2,1-2H3,(H,27,29). The maximum Gasteiger partial charge on any atom is 0.416 e. The first-order valence-corrected chi connectivity index (χ1v) is 10.3. The van der Waals surface area contributed by atoms with E-state index >= 15 is 0 Å². The molecule has 0 aromatic heterocycles. The molecule has 0 unspecified atom stereocenters. The third kappa shape index (κ3) is 6.37. The Hall–Kier alpha value is -2.74. The van der Waals surface area contributed by atoms with Crippen LogP contribution in [0.15, 0.2) is 42.5 Å². The van der Waals surface area contributed by atoms with Crippen LogP contribution in [-0.4, -0.2) is 38.8 Å². The van der Waals surface area contributed by atoms with Crippen LogP contribution in [0.3, 0.4) is 0 Å². The Morgan fingerprint density at radius 1 is 1.16 bits per heavy atom. The second-order valence-corrected chi connectivity index (χ2v) is 7.73. The van der Waals surface area contributed by atoms with E-state index < -0.39 is 17.6 Å². The SMILES string of the molecule is CC(C)c1cccc(OCC(=O)NCc2ccc(N3CCOCC3)cc2C(F)(F)F)c1. The van der Waals surface area contributed by atoms with Gasteiger partial charge in [0.25, 0.3) is 5.91 Å². The number of benzene rings is 2. The van der Waals surface area contributed by atoms with Gasteiger partial charge in [0.2, 0.25) is 0 Å². The second-order valence-electron chi connectivity index (χ2n) is 7.73. The van der Waals surface area contributed by atoms with Gasteiger partial charge in [-0.15, -0.1) is 0 Å². The highest BCUT2D eigenvalue weighted by Gasteiger charge is 2.34. The molecule has 0 atom stereocenters. The maximum atomic E-state index is 13.6. The average Bonchev–Trinajstić information content (AvgIpc) is 2.76. The van der Waals surface area contributed by atoms with Crippen molar-refractivity contribution in [3.05, 3.63) is 59.2 Å². The number of hydrogen-bond acceptors (Lipinski definition) is 4. The van der Waals surface area contributed by atoms with Crippen molar-refractivity contribution in [3.8, 4) is 5.75 Å². The van der Waals surface area contributed by atoms with E-state index in [-0.39, 0.29) is 18.7 Å². The summed E-state index contributed by atoms with van der Waals surface area (Å²) in [6, 6.07) is 11.6. The molecule has 1 N–H and O–H groups in total. The highest BCUT2D eigenvalue weighted by molar-refractivity contribution is 5.77. The fourth-order valence-electron chi connectivity index (χ4n) is 3.36. The van der Waals surface area contributed by atoms with E-state index in [2.05, 4.69) is 5.32 Å². The number of amides is 1. The molecule has 1 saturated heterocycles. The summed E-state index contributed by atoms with van der Waals surface area (Å²) in [4.78, 5) is 14.0. The molecular weight excluding hydrogens is 409 g/mol. The van der Waals surface area contributed by atoms with Crippen molar-refractivity contribution < 1.29 is 27.4 Å². The summed E-state index contributed by atoms with van der Waals surface area (Å²) in [7, 11) is 0. The number of halogens is 3. The van der Waals surface area contributed by atoms with Crippen LogP contribution in [0, 0.1) is 0 Å². The summed E-state index contributed by atoms with van der Waals surface area (Å²) in [6.07, 6.45) is -4.52. The molecule has 1 heterocycles. The first-order chi connectivity index (χ1) is 14.7. The van der Waals surface area contributed by atoms with Crippen LogP contribution in [0.4, 0.5) is 18.9 Å². The van der Waals surface area contributed by atoms with Crippen LogP contribution < -0.4 is 15.0 Å². The summed E-state index contributed by atoms with van der Waals surface area (Å²) in [5, 5.41) is 2.52. The summed E-state index contributed by atoms with van der Waals surface area (Å²) in [5.74, 6) is 0.381. The molecule has 0 radical (unpaired) electrons. The maximum absolute atomic E-state index is 13.6. The summed E-state index contributed by atoms with van der Waals surface area (Å²) < 4.78 is 51.6. The van der Waals surface area contributed by atoms with Gasteiger partial charge in [0.05, 0.1) is 18.8 Å². The van der Waals surface area contributed by atoms with Gasteiger partial charge in [-0.25, -0.2) is 0 Å². The minimum atomic E-state index is -4.52. The molecule has 2 aromatic carbocycles. The van der Waals surface area contributed by atoms with Crippen molar-refractivity contribution in [2.45, 2.75) is 32.5 Å². The van der Waals surface area contributed by atoms with Crippen molar-refractivity contribution in [2.24, 2.45) is 0 Å². The molecule has 0 spiro atoms. The summed E-state index contributed by atoms with van der Waals surface area (Å²) >= 11 is 0. The third-order valence-corrected chi connectivity index (χ3v) is 5.15. The molecule has 2 aromatic rings. The van der Waals surface area contributed by atoms with Gasteiger partial charge in [-0.2, -0.15) is 13.2 Å². The van der Waals surface area contributed by atoms with Crippen LogP contribution in [0.25, 0.3) is 0 Å². The van der Waals surface area contributed by atoms with Crippen molar-refractivity contribution in [1.82, 2.24) is 5.32 Å². The zero-order valence-corrected chi connectivity index (χ0v) is 17.7. The van der Waals surface area contributed by atoms with Gasteiger partial charge in [-0.3, -0.25) is 4.79 Å². The minimum Gasteiger partial charge on any atom is -0.484 e. The lowest BCUT2D eigenvalue weighted by molar-refractivity contribution is -0.138. The number of ether oxygens (including phenoxy) is 2. The zero-order valence-electron chi connectivity index (χ0n) is 17.7. The average molecular weight is 436 g/mol. The summed E-state index contributed by atoms with van der Waals surface area (Å²) in [6.45, 7) is 5.66. The van der Waals surface area contributed by atoms with Gasteiger partial charge in [0.1, 0.15) is 5.75 Å². The number of hydrogen-bond donors (Lipinski definition) is 1. The smallest absolute Gasteiger partial charge is 0.416 e. The van der Waals surface area contributed by atoms with Gasteiger partial charge in [-0.05, 0) is 41.3 Å². The molecule has 1 amide bonds. The van der Waals surface area contributed by atoms with E-state index in [9.17, 15) is 18.0 Å². The van der Waals surface area contributed by atoms with Crippen molar-refractivity contribution in [2.75, 3.05) is 37.8 Å². The Morgan fingerprint density at radius 2 is 1.90 bits per heavy atom. The first-order valence-electron chi connectivity index (χ1n) is 10.3. The van der Waals surface area contributed by atoms with Crippen LogP contribution >= 0.6 is 0 Å². The number of anilines is 1. The number of carbonyl (C=O) groups excluding carboxylic acids is 1. The molecular formula is C23H27F3N2O3. The normalized spacial score (nSPS) is 14.6. The van der Waals surface area contributed by atoms with Crippen LogP contribution in [0.1, 0.15) is 36.5 Å². The highest BCUT2D eigenvalue weighted by Crippen LogP contribution is 2.35. The number of carbonyl (C=O) groups is 1. The van der Waals surface area contributed by atoms with E-state index in [0.29, 0.717) is 43.7 Å². The van der Waals surface area contributed by atoms with E-state index in [4.69, 9.17) is 9.47 Å². The number of rotatable bonds is 7. The number of morpholine rings is 1. The largest absolute Gasteiger partial charge is 0.484 e. The fraction of sp³-hybridized carbons (Fsp3) is 0.435. The van der Waals surface area contributed by atoms with Crippen LogP contribution in [-0.2, 0) is 22.3 Å². The Balaban J connectivity index is 1.62. The van der Waals surface area contributed by atoms with E-state index in [1.807, 2.05) is 36.9 Å². The summed E-state index contributed by atoms with van der Waals surface area (Å²) in [5.41, 5.74) is 0.842. The molecule has 5 nitrogen and oxygen atoms in total. The first kappa shape index (κ1) is 22.9. The Labute approximate surface area is 180 Å². The van der Waals surface area contributed by atoms with Gasteiger partial charge in [0, 0.05) is 25.3 Å². The van der Waals surface area contributed by atoms with Crippen LogP contribution in [0.2, 0.25) is 0 Å². The molecule has 3 rings (SSSR count). The number of nitrogens with one attached hydrogen (secondary N) is 1. The lowest BCUT2D eigenvalue weighted by atomic mass is 10.0. The Morgan fingerprint density at radius 3 is 2.58 bits per heavy atom. The monoisotopic (exact) mass is 436 g/mol. The predicted molar refractivity (Wildman–Crippen MR) is 112 cm³/mol. The van der Waals surface area contributed by atoms with Gasteiger partial charge >= 0.3 is 6.18 Å². The van der Waals surface area contributed by atoms with Crippen molar-refractivity contribution in [3.63, 3.8) is 0 Å². The quantitative estimate of drug-likeness (QED) is 0.701. The second kappa shape index (κ2) is 10.0. The molecule has 168 valence electrons. The highest BCUT2D eigenvalue weighted by atomic mass is 19.4. The van der Waals surface area contributed by atoms with Crippen molar-refractivity contribution >= 4 is 11.6 Å². The third-order valence-electron chi connectivity index (χ3n) is 5.15. The molecule has 8 heteroatoms. The Kier molecular flexibility index (Phi) is 7.43. The molecule has 0 bridgehead atoms. The number of alkyl halides is 3. The van der Waals surface area contributed by atoms with Crippen LogP contribution in [0.5, 0.6) is 5.75 Å². The molecule has 0 aliphatic carbocycles. The molecule has 1 fully saturated rings. The zero-order chi connectivity index (χ0) is 22.4. The molecule has 31 heavy (non-hydrogen) atoms. The fourth-order valence-corrected chi connectivity index (χ4v) is 3.36. The van der Waals surface area contributed by atoms with E-state index in [1.165, 1.54) is 6.07 Å². The van der Waals surface area contributed by atoms with E-state index in [0.717, 1.165) is 11.6 Å². The number of nitrogens with zero attached hydrogens (tertiary/aromatic N) is 1. The molecule has 1 aliphatic heterocycles. The molecule has 1 aliphatic rings. The van der Waals surface area contributed by atoms with E-state index in [1.54, 1.807) is 12.1 Å². The van der Waals surface area contributed by atoms with Gasteiger partial charge in [0.15, 0.2) is 6.61 Å². The lowest BCUT2D eigenvalue weighted by Gasteiger charge is -2.29. The van der Waals surface area contributed by atoms with Gasteiger partial charge in [-0.1, -0.05) is 32.0 Å². The molecule has 0 saturated carbocycles. The topological polar surface area (TPSA) is 50.8 Å². The lowest BCUT2D eigenvalue weighted by Crippen LogP contribution is -2.36.